The van der Waals surface area contributed by atoms with Gasteiger partial charge in [0.25, 0.3) is 0 Å². The highest BCUT2D eigenvalue weighted by molar-refractivity contribution is 9.10. The number of halogens is 2. The van der Waals surface area contributed by atoms with E-state index < -0.39 is 0 Å². The average molecular weight is 330 g/mol. The van der Waals surface area contributed by atoms with Crippen LogP contribution in [0.25, 0.3) is 11.0 Å². The van der Waals surface area contributed by atoms with Crippen molar-refractivity contribution in [3.05, 3.63) is 28.5 Å². The molecule has 0 aliphatic heterocycles. The molecule has 4 heteroatoms. The highest BCUT2D eigenvalue weighted by Crippen LogP contribution is 2.27. The van der Waals surface area contributed by atoms with Gasteiger partial charge in [-0.3, -0.25) is 0 Å². The normalized spacial score (nSPS) is 13.1. The second kappa shape index (κ2) is 6.07. The molecular weight excluding hydrogens is 312 g/mol. The number of nitrogens with zero attached hydrogens (tertiary/aromatic N) is 2. The molecule has 18 heavy (non-hydrogen) atoms. The van der Waals surface area contributed by atoms with E-state index in [9.17, 15) is 0 Å². The van der Waals surface area contributed by atoms with Gasteiger partial charge in [-0.25, -0.2) is 4.98 Å². The Kier molecular flexibility index (Phi) is 4.68. The zero-order valence-corrected chi connectivity index (χ0v) is 13.1. The first-order chi connectivity index (χ1) is 8.63. The minimum Gasteiger partial charge on any atom is -0.327 e. The lowest BCUT2D eigenvalue weighted by Gasteiger charge is -2.10. The van der Waals surface area contributed by atoms with Crippen LogP contribution in [0.15, 0.2) is 22.7 Å². The molecule has 1 aromatic heterocycles. The number of hydrogen-bond acceptors (Lipinski definition) is 1. The Bertz CT molecular complexity index is 534. The number of hydrogen-bond donors (Lipinski definition) is 0. The molecule has 1 atom stereocenters. The summed E-state index contributed by atoms with van der Waals surface area (Å²) in [6, 6.07) is 6.18. The molecular formula is C14H18BrClN2. The predicted molar refractivity (Wildman–Crippen MR) is 81.2 cm³/mol. The van der Waals surface area contributed by atoms with E-state index in [-0.39, 0.29) is 5.38 Å². The van der Waals surface area contributed by atoms with E-state index in [1.54, 1.807) is 0 Å². The first-order valence-electron chi connectivity index (χ1n) is 6.43. The van der Waals surface area contributed by atoms with Crippen LogP contribution in [0.3, 0.4) is 0 Å². The van der Waals surface area contributed by atoms with Crippen LogP contribution in [0.5, 0.6) is 0 Å². The predicted octanol–water partition coefficient (Wildman–Crippen LogP) is 5.29. The summed E-state index contributed by atoms with van der Waals surface area (Å²) in [5, 5.41) is -0.0576. The number of aromatic nitrogens is 2. The van der Waals surface area contributed by atoms with Crippen LogP contribution in [-0.2, 0) is 6.54 Å². The monoisotopic (exact) mass is 328 g/mol. The summed E-state index contributed by atoms with van der Waals surface area (Å²) in [4.78, 5) is 4.64. The molecule has 0 amide bonds. The lowest BCUT2D eigenvalue weighted by atomic mass is 10.2. The molecule has 1 unspecified atom stereocenters. The number of rotatable bonds is 5. The maximum Gasteiger partial charge on any atom is 0.127 e. The molecule has 0 saturated heterocycles. The standard InChI is InChI=1S/C14H18BrClN2/c1-3-4-5-8-18-13-9-11(15)6-7-12(13)17-14(18)10(2)16/h6-7,9-10H,3-5,8H2,1-2H3. The van der Waals surface area contributed by atoms with Crippen molar-refractivity contribution in [3.8, 4) is 0 Å². The minimum absolute atomic E-state index is 0.0576. The number of benzene rings is 1. The number of alkyl halides is 1. The fourth-order valence-electron chi connectivity index (χ4n) is 2.17. The summed E-state index contributed by atoms with van der Waals surface area (Å²) in [7, 11) is 0. The molecule has 0 fully saturated rings. The van der Waals surface area contributed by atoms with E-state index >= 15 is 0 Å². The highest BCUT2D eigenvalue weighted by Gasteiger charge is 2.14. The van der Waals surface area contributed by atoms with Gasteiger partial charge in [0, 0.05) is 11.0 Å². The SMILES string of the molecule is CCCCCn1c(C(C)Cl)nc2ccc(Br)cc21. The van der Waals surface area contributed by atoms with Gasteiger partial charge in [-0.2, -0.15) is 0 Å². The zero-order valence-electron chi connectivity index (χ0n) is 10.8. The second-order valence-electron chi connectivity index (χ2n) is 4.58. The smallest absolute Gasteiger partial charge is 0.127 e. The van der Waals surface area contributed by atoms with Crippen molar-refractivity contribution < 1.29 is 0 Å². The van der Waals surface area contributed by atoms with Gasteiger partial charge in [0.2, 0.25) is 0 Å². The maximum absolute atomic E-state index is 6.24. The van der Waals surface area contributed by atoms with Crippen LogP contribution < -0.4 is 0 Å². The molecule has 0 N–H and O–H groups in total. The van der Waals surface area contributed by atoms with Gasteiger partial charge in [-0.15, -0.1) is 11.6 Å². The highest BCUT2D eigenvalue weighted by atomic mass is 79.9. The topological polar surface area (TPSA) is 17.8 Å². The van der Waals surface area contributed by atoms with Crippen LogP contribution in [0.2, 0.25) is 0 Å². The Hall–Kier alpha value is -0.540. The van der Waals surface area contributed by atoms with E-state index in [0.29, 0.717) is 0 Å². The molecule has 2 aromatic rings. The first-order valence-corrected chi connectivity index (χ1v) is 7.66. The summed E-state index contributed by atoms with van der Waals surface area (Å²) in [5.74, 6) is 0.973. The van der Waals surface area contributed by atoms with Crippen LogP contribution in [0, 0.1) is 0 Å². The van der Waals surface area contributed by atoms with Crippen molar-refractivity contribution in [3.63, 3.8) is 0 Å². The zero-order chi connectivity index (χ0) is 13.1. The fraction of sp³-hybridized carbons (Fsp3) is 0.500. The van der Waals surface area contributed by atoms with Crippen LogP contribution >= 0.6 is 27.5 Å². The molecule has 0 aliphatic rings. The third-order valence-electron chi connectivity index (χ3n) is 3.08. The first kappa shape index (κ1) is 13.9. The van der Waals surface area contributed by atoms with Crippen molar-refractivity contribution in [1.82, 2.24) is 9.55 Å². The van der Waals surface area contributed by atoms with Crippen LogP contribution in [-0.4, -0.2) is 9.55 Å². The Labute approximate surface area is 121 Å². The van der Waals surface area contributed by atoms with E-state index in [1.165, 1.54) is 24.8 Å². The maximum atomic E-state index is 6.24. The summed E-state index contributed by atoms with van der Waals surface area (Å²) < 4.78 is 3.34. The molecule has 0 saturated carbocycles. The van der Waals surface area contributed by atoms with Crippen molar-refractivity contribution in [1.29, 1.82) is 0 Å². The van der Waals surface area contributed by atoms with Gasteiger partial charge in [0.15, 0.2) is 0 Å². The van der Waals surface area contributed by atoms with Crippen molar-refractivity contribution in [2.24, 2.45) is 0 Å². The Morgan fingerprint density at radius 3 is 2.83 bits per heavy atom. The molecule has 2 nitrogen and oxygen atoms in total. The van der Waals surface area contributed by atoms with Gasteiger partial charge in [0.1, 0.15) is 5.82 Å². The van der Waals surface area contributed by atoms with Gasteiger partial charge < -0.3 is 4.57 Å². The van der Waals surface area contributed by atoms with Crippen molar-refractivity contribution in [2.45, 2.75) is 45.0 Å². The van der Waals surface area contributed by atoms with Gasteiger partial charge in [-0.05, 0) is 31.5 Å². The van der Waals surface area contributed by atoms with Crippen LogP contribution in [0.4, 0.5) is 0 Å². The quantitative estimate of drug-likeness (QED) is 0.538. The fourth-order valence-corrected chi connectivity index (χ4v) is 2.69. The Morgan fingerprint density at radius 2 is 2.17 bits per heavy atom. The number of aryl methyl sites for hydroxylation is 1. The number of unbranched alkanes of at least 4 members (excludes halogenated alkanes) is 2. The number of imidazole rings is 1. The third kappa shape index (κ3) is 2.89. The molecule has 0 aliphatic carbocycles. The molecule has 98 valence electrons. The summed E-state index contributed by atoms with van der Waals surface area (Å²) in [6.07, 6.45) is 3.64. The average Bonchev–Trinajstić information content (AvgIpc) is 2.68. The van der Waals surface area contributed by atoms with E-state index in [0.717, 1.165) is 22.4 Å². The largest absolute Gasteiger partial charge is 0.327 e. The Morgan fingerprint density at radius 1 is 1.39 bits per heavy atom. The van der Waals surface area contributed by atoms with Gasteiger partial charge in [-0.1, -0.05) is 35.7 Å². The minimum atomic E-state index is -0.0576. The van der Waals surface area contributed by atoms with E-state index in [4.69, 9.17) is 11.6 Å². The summed E-state index contributed by atoms with van der Waals surface area (Å²) in [6.45, 7) is 5.19. The summed E-state index contributed by atoms with van der Waals surface area (Å²) in [5.41, 5.74) is 2.19. The second-order valence-corrected chi connectivity index (χ2v) is 6.15. The van der Waals surface area contributed by atoms with Gasteiger partial charge in [0.05, 0.1) is 16.4 Å². The molecule has 0 bridgehead atoms. The molecule has 0 spiro atoms. The molecule has 2 rings (SSSR count). The molecule has 0 radical (unpaired) electrons. The van der Waals surface area contributed by atoms with E-state index in [1.807, 2.05) is 19.1 Å². The number of fused-ring (bicyclic) bond motifs is 1. The van der Waals surface area contributed by atoms with Gasteiger partial charge >= 0.3 is 0 Å². The summed E-state index contributed by atoms with van der Waals surface area (Å²) >= 11 is 9.76. The van der Waals surface area contributed by atoms with Crippen molar-refractivity contribution in [2.75, 3.05) is 0 Å². The lowest BCUT2D eigenvalue weighted by molar-refractivity contribution is 0.591. The Balaban J connectivity index is 2.43. The third-order valence-corrected chi connectivity index (χ3v) is 3.77. The molecule has 1 aromatic carbocycles. The lowest BCUT2D eigenvalue weighted by Crippen LogP contribution is -2.04. The van der Waals surface area contributed by atoms with Crippen molar-refractivity contribution >= 4 is 38.6 Å². The van der Waals surface area contributed by atoms with E-state index in [2.05, 4.69) is 38.5 Å². The molecule has 1 heterocycles. The van der Waals surface area contributed by atoms with Crippen LogP contribution in [0.1, 0.15) is 44.3 Å².